The van der Waals surface area contributed by atoms with Crippen LogP contribution in [0, 0.1) is 0 Å². The standard InChI is InChI=1S/C18H22N6OS/c1-2-17-19-15(22-25-17)13-26-18-21-20-16(12-23-10-6-7-11-23)24(18)14-8-4-3-5-9-14/h3-5,8-9H,2,6-7,10-13H2,1H3. The summed E-state index contributed by atoms with van der Waals surface area (Å²) in [6.07, 6.45) is 3.27. The highest BCUT2D eigenvalue weighted by Crippen LogP contribution is 2.25. The van der Waals surface area contributed by atoms with Crippen LogP contribution in [0.5, 0.6) is 0 Å². The van der Waals surface area contributed by atoms with Crippen LogP contribution in [0.3, 0.4) is 0 Å². The van der Waals surface area contributed by atoms with Crippen molar-refractivity contribution >= 4 is 11.8 Å². The Labute approximate surface area is 156 Å². The lowest BCUT2D eigenvalue weighted by Gasteiger charge is -2.15. The molecular weight excluding hydrogens is 348 g/mol. The number of thioether (sulfide) groups is 1. The molecule has 8 heteroatoms. The second kappa shape index (κ2) is 8.01. The fourth-order valence-corrected chi connectivity index (χ4v) is 3.91. The smallest absolute Gasteiger partial charge is 0.226 e. The highest BCUT2D eigenvalue weighted by molar-refractivity contribution is 7.98. The molecule has 2 aromatic heterocycles. The second-order valence-corrected chi connectivity index (χ2v) is 7.24. The van der Waals surface area contributed by atoms with Gasteiger partial charge in [-0.05, 0) is 38.1 Å². The van der Waals surface area contributed by atoms with E-state index in [4.69, 9.17) is 4.52 Å². The number of benzene rings is 1. The van der Waals surface area contributed by atoms with Gasteiger partial charge in [-0.2, -0.15) is 4.98 Å². The topological polar surface area (TPSA) is 72.9 Å². The van der Waals surface area contributed by atoms with Crippen molar-refractivity contribution in [2.24, 2.45) is 0 Å². The van der Waals surface area contributed by atoms with E-state index >= 15 is 0 Å². The fourth-order valence-electron chi connectivity index (χ4n) is 3.09. The largest absolute Gasteiger partial charge is 0.339 e. The average Bonchev–Trinajstić information content (AvgIpc) is 3.42. The maximum Gasteiger partial charge on any atom is 0.226 e. The molecule has 3 heterocycles. The Hall–Kier alpha value is -2.19. The zero-order valence-corrected chi connectivity index (χ0v) is 15.7. The lowest BCUT2D eigenvalue weighted by Crippen LogP contribution is -2.21. The van der Waals surface area contributed by atoms with Crippen LogP contribution in [0.15, 0.2) is 40.0 Å². The highest BCUT2D eigenvalue weighted by atomic mass is 32.2. The number of likely N-dealkylation sites (tertiary alicyclic amines) is 1. The summed E-state index contributed by atoms with van der Waals surface area (Å²) < 4.78 is 7.33. The molecule has 1 saturated heterocycles. The first kappa shape index (κ1) is 17.2. The molecule has 1 aromatic carbocycles. The Morgan fingerprint density at radius 1 is 1.12 bits per heavy atom. The molecule has 0 unspecified atom stereocenters. The van der Waals surface area contributed by atoms with Crippen LogP contribution in [0.25, 0.3) is 5.69 Å². The van der Waals surface area contributed by atoms with E-state index in [2.05, 4.69) is 41.9 Å². The minimum atomic E-state index is 0.609. The Balaban J connectivity index is 1.57. The first-order valence-corrected chi connectivity index (χ1v) is 9.98. The van der Waals surface area contributed by atoms with Crippen molar-refractivity contribution in [3.63, 3.8) is 0 Å². The number of aromatic nitrogens is 5. The minimum absolute atomic E-state index is 0.609. The summed E-state index contributed by atoms with van der Waals surface area (Å²) >= 11 is 1.58. The summed E-state index contributed by atoms with van der Waals surface area (Å²) in [5, 5.41) is 13.8. The fraction of sp³-hybridized carbons (Fsp3) is 0.444. The summed E-state index contributed by atoms with van der Waals surface area (Å²) in [4.78, 5) is 6.81. The van der Waals surface area contributed by atoms with Gasteiger partial charge in [0.2, 0.25) is 5.89 Å². The molecule has 136 valence electrons. The number of nitrogens with zero attached hydrogens (tertiary/aromatic N) is 6. The summed E-state index contributed by atoms with van der Waals surface area (Å²) in [5.41, 5.74) is 1.08. The maximum absolute atomic E-state index is 5.19. The van der Waals surface area contributed by atoms with Crippen molar-refractivity contribution in [1.29, 1.82) is 0 Å². The van der Waals surface area contributed by atoms with Gasteiger partial charge in [0.05, 0.1) is 12.3 Å². The summed E-state index contributed by atoms with van der Waals surface area (Å²) in [5.74, 6) is 2.94. The molecule has 4 rings (SSSR count). The van der Waals surface area contributed by atoms with Crippen LogP contribution < -0.4 is 0 Å². The molecule has 0 aliphatic carbocycles. The van der Waals surface area contributed by atoms with Gasteiger partial charge in [-0.1, -0.05) is 42.0 Å². The lowest BCUT2D eigenvalue weighted by atomic mass is 10.3. The molecule has 0 spiro atoms. The quantitative estimate of drug-likeness (QED) is 0.592. The van der Waals surface area contributed by atoms with Gasteiger partial charge in [0.1, 0.15) is 0 Å². The lowest BCUT2D eigenvalue weighted by molar-refractivity contribution is 0.319. The van der Waals surface area contributed by atoms with Gasteiger partial charge in [-0.15, -0.1) is 10.2 Å². The monoisotopic (exact) mass is 370 g/mol. The van der Waals surface area contributed by atoms with Crippen molar-refractivity contribution in [3.8, 4) is 5.69 Å². The van der Waals surface area contributed by atoms with Crippen molar-refractivity contribution in [2.45, 2.75) is 43.6 Å². The van der Waals surface area contributed by atoms with Crippen LogP contribution in [0.4, 0.5) is 0 Å². The zero-order chi connectivity index (χ0) is 17.8. The predicted octanol–water partition coefficient (Wildman–Crippen LogP) is 3.10. The van der Waals surface area contributed by atoms with E-state index < -0.39 is 0 Å². The first-order chi connectivity index (χ1) is 12.8. The molecule has 0 radical (unpaired) electrons. The van der Waals surface area contributed by atoms with Crippen LogP contribution in [-0.2, 0) is 18.7 Å². The Bertz CT molecular complexity index is 841. The molecule has 1 fully saturated rings. The molecule has 0 amide bonds. The van der Waals surface area contributed by atoms with E-state index in [0.29, 0.717) is 17.5 Å². The molecule has 1 aliphatic heterocycles. The second-order valence-electron chi connectivity index (χ2n) is 6.30. The van der Waals surface area contributed by atoms with Gasteiger partial charge in [-0.3, -0.25) is 9.47 Å². The highest BCUT2D eigenvalue weighted by Gasteiger charge is 2.20. The number of aryl methyl sites for hydroxylation is 1. The summed E-state index contributed by atoms with van der Waals surface area (Å²) in [6.45, 7) is 5.09. The number of hydrogen-bond acceptors (Lipinski definition) is 7. The van der Waals surface area contributed by atoms with Gasteiger partial charge in [0, 0.05) is 12.1 Å². The molecule has 0 saturated carbocycles. The number of rotatable bonds is 7. The van der Waals surface area contributed by atoms with Gasteiger partial charge >= 0.3 is 0 Å². The third-order valence-electron chi connectivity index (χ3n) is 4.42. The molecule has 26 heavy (non-hydrogen) atoms. The SMILES string of the molecule is CCc1nc(CSc2nnc(CN3CCCC3)n2-c2ccccc2)no1. The molecule has 0 N–H and O–H groups in total. The van der Waals surface area contributed by atoms with Crippen molar-refractivity contribution in [2.75, 3.05) is 13.1 Å². The molecular formula is C18H22N6OS. The summed E-state index contributed by atoms with van der Waals surface area (Å²) in [6, 6.07) is 10.3. The van der Waals surface area contributed by atoms with E-state index in [1.165, 1.54) is 12.8 Å². The number of hydrogen-bond donors (Lipinski definition) is 0. The van der Waals surface area contributed by atoms with E-state index in [-0.39, 0.29) is 0 Å². The van der Waals surface area contributed by atoms with Crippen molar-refractivity contribution < 1.29 is 4.52 Å². The van der Waals surface area contributed by atoms with Crippen LogP contribution in [0.2, 0.25) is 0 Å². The minimum Gasteiger partial charge on any atom is -0.339 e. The number of para-hydroxylation sites is 1. The third-order valence-corrected chi connectivity index (χ3v) is 5.35. The van der Waals surface area contributed by atoms with Crippen LogP contribution in [-0.4, -0.2) is 42.9 Å². The van der Waals surface area contributed by atoms with E-state index in [9.17, 15) is 0 Å². The summed E-state index contributed by atoms with van der Waals surface area (Å²) in [7, 11) is 0. The van der Waals surface area contributed by atoms with Crippen LogP contribution >= 0.6 is 11.8 Å². The van der Waals surface area contributed by atoms with Gasteiger partial charge < -0.3 is 4.52 Å². The van der Waals surface area contributed by atoms with E-state index in [1.807, 2.05) is 25.1 Å². The predicted molar refractivity (Wildman–Crippen MR) is 99.1 cm³/mol. The van der Waals surface area contributed by atoms with E-state index in [1.54, 1.807) is 11.8 Å². The van der Waals surface area contributed by atoms with Crippen molar-refractivity contribution in [1.82, 2.24) is 29.8 Å². The normalized spacial score (nSPS) is 15.0. The van der Waals surface area contributed by atoms with E-state index in [0.717, 1.165) is 42.7 Å². The Kier molecular flexibility index (Phi) is 5.31. The Morgan fingerprint density at radius 3 is 2.65 bits per heavy atom. The maximum atomic E-state index is 5.19. The molecule has 0 bridgehead atoms. The van der Waals surface area contributed by atoms with Crippen molar-refractivity contribution in [3.05, 3.63) is 47.9 Å². The molecule has 0 atom stereocenters. The first-order valence-electron chi connectivity index (χ1n) is 9.00. The van der Waals surface area contributed by atoms with Crippen LogP contribution in [0.1, 0.15) is 37.3 Å². The third kappa shape index (κ3) is 3.81. The Morgan fingerprint density at radius 2 is 1.92 bits per heavy atom. The molecule has 3 aromatic rings. The van der Waals surface area contributed by atoms with Gasteiger partial charge in [-0.25, -0.2) is 0 Å². The molecule has 7 nitrogen and oxygen atoms in total. The van der Waals surface area contributed by atoms with Gasteiger partial charge in [0.25, 0.3) is 0 Å². The van der Waals surface area contributed by atoms with Gasteiger partial charge in [0.15, 0.2) is 16.8 Å². The zero-order valence-electron chi connectivity index (χ0n) is 14.8. The average molecular weight is 370 g/mol. The molecule has 1 aliphatic rings.